The lowest BCUT2D eigenvalue weighted by molar-refractivity contribution is -0.140. The quantitative estimate of drug-likeness (QED) is 0.759. The van der Waals surface area contributed by atoms with Crippen LogP contribution in [0.1, 0.15) is 36.6 Å². The molecule has 2 atom stereocenters. The van der Waals surface area contributed by atoms with Gasteiger partial charge in [0.25, 0.3) is 0 Å². The van der Waals surface area contributed by atoms with Gasteiger partial charge in [-0.3, -0.25) is 0 Å². The minimum atomic E-state index is -1.04. The summed E-state index contributed by atoms with van der Waals surface area (Å²) in [7, 11) is 3.18. The van der Waals surface area contributed by atoms with Gasteiger partial charge in [-0.1, -0.05) is 44.2 Å². The lowest BCUT2D eigenvalue weighted by Crippen LogP contribution is -2.52. The molecule has 1 heterocycles. The van der Waals surface area contributed by atoms with Crippen LogP contribution in [-0.4, -0.2) is 48.8 Å². The number of hydrogen-bond donors (Lipinski definition) is 2. The first-order valence-corrected chi connectivity index (χ1v) is 9.97. The highest BCUT2D eigenvalue weighted by atomic mass is 16.5. The molecule has 0 radical (unpaired) electrons. The van der Waals surface area contributed by atoms with E-state index in [1.165, 1.54) is 0 Å². The molecule has 160 valence electrons. The summed E-state index contributed by atoms with van der Waals surface area (Å²) >= 11 is 0. The van der Waals surface area contributed by atoms with Gasteiger partial charge in [0.05, 0.1) is 20.3 Å². The highest BCUT2D eigenvalue weighted by Gasteiger charge is 2.35. The van der Waals surface area contributed by atoms with Gasteiger partial charge in [0.2, 0.25) is 0 Å². The SMILES string of the molecule is COc1cc2c(cc1OC)C(c1ccccc1)N(C(=O)N[C@@H](C(=O)O)C(C)C)CC2. The van der Waals surface area contributed by atoms with E-state index in [1.807, 2.05) is 42.5 Å². The van der Waals surface area contributed by atoms with Crippen LogP contribution in [0.25, 0.3) is 0 Å². The molecular formula is C23H28N2O5. The number of carboxylic acid groups (broad SMARTS) is 1. The molecule has 0 spiro atoms. The fourth-order valence-electron chi connectivity index (χ4n) is 3.89. The summed E-state index contributed by atoms with van der Waals surface area (Å²) in [4.78, 5) is 26.5. The number of ether oxygens (including phenoxy) is 2. The van der Waals surface area contributed by atoms with Crippen molar-refractivity contribution in [3.8, 4) is 11.5 Å². The Kier molecular flexibility index (Phi) is 6.50. The molecule has 2 amide bonds. The monoisotopic (exact) mass is 412 g/mol. The van der Waals surface area contributed by atoms with Crippen molar-refractivity contribution in [3.63, 3.8) is 0 Å². The third-order valence-corrected chi connectivity index (χ3v) is 5.46. The summed E-state index contributed by atoms with van der Waals surface area (Å²) in [6, 6.07) is 11.8. The first-order valence-electron chi connectivity index (χ1n) is 9.97. The Morgan fingerprint density at radius 1 is 1.10 bits per heavy atom. The summed E-state index contributed by atoms with van der Waals surface area (Å²) in [6.45, 7) is 4.01. The van der Waals surface area contributed by atoms with Gasteiger partial charge < -0.3 is 24.8 Å². The van der Waals surface area contributed by atoms with Gasteiger partial charge in [-0.15, -0.1) is 0 Å². The maximum atomic E-state index is 13.2. The van der Waals surface area contributed by atoms with Crippen molar-refractivity contribution in [3.05, 3.63) is 59.2 Å². The first kappa shape index (κ1) is 21.5. The predicted octanol–water partition coefficient (Wildman–Crippen LogP) is 3.47. The number of carbonyl (C=O) groups is 2. The Morgan fingerprint density at radius 3 is 2.30 bits per heavy atom. The molecule has 1 unspecified atom stereocenters. The summed E-state index contributed by atoms with van der Waals surface area (Å²) in [5, 5.41) is 12.2. The summed E-state index contributed by atoms with van der Waals surface area (Å²) in [5.74, 6) is -0.0433. The second-order valence-corrected chi connectivity index (χ2v) is 7.67. The molecule has 1 aliphatic rings. The fourth-order valence-corrected chi connectivity index (χ4v) is 3.89. The van der Waals surface area contributed by atoms with Gasteiger partial charge in [0, 0.05) is 6.54 Å². The Bertz CT molecular complexity index is 913. The molecule has 0 fully saturated rings. The number of nitrogens with zero attached hydrogens (tertiary/aromatic N) is 1. The zero-order valence-electron chi connectivity index (χ0n) is 17.7. The average Bonchev–Trinajstić information content (AvgIpc) is 2.75. The van der Waals surface area contributed by atoms with Crippen molar-refractivity contribution in [1.82, 2.24) is 10.2 Å². The summed E-state index contributed by atoms with van der Waals surface area (Å²) in [5.41, 5.74) is 2.96. The van der Waals surface area contributed by atoms with Crippen molar-refractivity contribution in [2.45, 2.75) is 32.4 Å². The minimum Gasteiger partial charge on any atom is -0.493 e. The van der Waals surface area contributed by atoms with E-state index in [4.69, 9.17) is 9.47 Å². The van der Waals surface area contributed by atoms with Crippen molar-refractivity contribution >= 4 is 12.0 Å². The average molecular weight is 412 g/mol. The fraction of sp³-hybridized carbons (Fsp3) is 0.391. The maximum absolute atomic E-state index is 13.2. The van der Waals surface area contributed by atoms with Crippen molar-refractivity contribution in [1.29, 1.82) is 0 Å². The molecule has 0 aromatic heterocycles. The molecule has 0 saturated heterocycles. The molecular weight excluding hydrogens is 384 g/mol. The number of rotatable bonds is 6. The Morgan fingerprint density at radius 2 is 1.73 bits per heavy atom. The van der Waals surface area contributed by atoms with Crippen LogP contribution < -0.4 is 14.8 Å². The molecule has 0 aliphatic carbocycles. The lowest BCUT2D eigenvalue weighted by atomic mass is 9.88. The molecule has 7 heteroatoms. The van der Waals surface area contributed by atoms with E-state index in [0.717, 1.165) is 16.7 Å². The number of fused-ring (bicyclic) bond motifs is 1. The van der Waals surface area contributed by atoms with E-state index in [-0.39, 0.29) is 12.0 Å². The van der Waals surface area contributed by atoms with Crippen LogP contribution >= 0.6 is 0 Å². The molecule has 0 bridgehead atoms. The largest absolute Gasteiger partial charge is 0.493 e. The van der Waals surface area contributed by atoms with E-state index in [2.05, 4.69) is 5.32 Å². The van der Waals surface area contributed by atoms with Crippen LogP contribution in [0.15, 0.2) is 42.5 Å². The summed E-state index contributed by atoms with van der Waals surface area (Å²) < 4.78 is 10.9. The maximum Gasteiger partial charge on any atom is 0.326 e. The number of methoxy groups -OCH3 is 2. The molecule has 0 saturated carbocycles. The molecule has 3 rings (SSSR count). The molecule has 2 aromatic rings. The van der Waals surface area contributed by atoms with E-state index in [9.17, 15) is 14.7 Å². The highest BCUT2D eigenvalue weighted by molar-refractivity contribution is 5.83. The number of aliphatic carboxylic acids is 1. The highest BCUT2D eigenvalue weighted by Crippen LogP contribution is 2.41. The van der Waals surface area contributed by atoms with Gasteiger partial charge in [-0.2, -0.15) is 0 Å². The topological polar surface area (TPSA) is 88.1 Å². The number of carbonyl (C=O) groups excluding carboxylic acids is 1. The van der Waals surface area contributed by atoms with Gasteiger partial charge in [0.15, 0.2) is 11.5 Å². The smallest absolute Gasteiger partial charge is 0.326 e. The van der Waals surface area contributed by atoms with Crippen LogP contribution in [0.3, 0.4) is 0 Å². The zero-order valence-corrected chi connectivity index (χ0v) is 17.7. The normalized spacial score (nSPS) is 16.6. The van der Waals surface area contributed by atoms with Crippen LogP contribution in [0.4, 0.5) is 4.79 Å². The van der Waals surface area contributed by atoms with Crippen molar-refractivity contribution in [2.75, 3.05) is 20.8 Å². The van der Waals surface area contributed by atoms with E-state index in [0.29, 0.717) is 24.5 Å². The Labute approximate surface area is 176 Å². The second kappa shape index (κ2) is 9.07. The predicted molar refractivity (Wildman–Crippen MR) is 113 cm³/mol. The Balaban J connectivity index is 2.05. The van der Waals surface area contributed by atoms with Gasteiger partial charge in [-0.25, -0.2) is 9.59 Å². The van der Waals surface area contributed by atoms with Crippen LogP contribution in [0.5, 0.6) is 11.5 Å². The van der Waals surface area contributed by atoms with Crippen LogP contribution in [0, 0.1) is 5.92 Å². The third kappa shape index (κ3) is 4.20. The number of hydrogen-bond acceptors (Lipinski definition) is 4. The number of benzene rings is 2. The number of nitrogens with one attached hydrogen (secondary N) is 1. The minimum absolute atomic E-state index is 0.233. The van der Waals surface area contributed by atoms with Gasteiger partial charge in [0.1, 0.15) is 6.04 Å². The lowest BCUT2D eigenvalue weighted by Gasteiger charge is -2.38. The van der Waals surface area contributed by atoms with Gasteiger partial charge >= 0.3 is 12.0 Å². The van der Waals surface area contributed by atoms with E-state index < -0.39 is 18.0 Å². The van der Waals surface area contributed by atoms with E-state index >= 15 is 0 Å². The molecule has 2 N–H and O–H groups in total. The number of carboxylic acids is 1. The first-order chi connectivity index (χ1) is 14.4. The third-order valence-electron chi connectivity index (χ3n) is 5.46. The van der Waals surface area contributed by atoms with Crippen molar-refractivity contribution in [2.24, 2.45) is 5.92 Å². The standard InChI is InChI=1S/C23H28N2O5/c1-14(2)20(22(26)27)24-23(28)25-11-10-16-12-18(29-3)19(30-4)13-17(16)21(25)15-8-6-5-7-9-15/h5-9,12-14,20-21H,10-11H2,1-4H3,(H,24,28)(H,26,27)/t20-,21?/m1/s1. The molecule has 1 aliphatic heterocycles. The van der Waals surface area contributed by atoms with E-state index in [1.54, 1.807) is 33.0 Å². The molecule has 30 heavy (non-hydrogen) atoms. The van der Waals surface area contributed by atoms with Crippen LogP contribution in [-0.2, 0) is 11.2 Å². The Hall–Kier alpha value is -3.22. The van der Waals surface area contributed by atoms with Gasteiger partial charge in [-0.05, 0) is 41.2 Å². The summed E-state index contributed by atoms with van der Waals surface area (Å²) in [6.07, 6.45) is 0.631. The molecule has 7 nitrogen and oxygen atoms in total. The molecule has 2 aromatic carbocycles. The number of urea groups is 1. The van der Waals surface area contributed by atoms with Crippen molar-refractivity contribution < 1.29 is 24.2 Å². The second-order valence-electron chi connectivity index (χ2n) is 7.67. The number of amides is 2. The van der Waals surface area contributed by atoms with Crippen LogP contribution in [0.2, 0.25) is 0 Å². The zero-order chi connectivity index (χ0) is 21.8.